The smallest absolute Gasteiger partial charge is 0.356 e. The van der Waals surface area contributed by atoms with E-state index in [0.29, 0.717) is 21.2 Å². The van der Waals surface area contributed by atoms with Gasteiger partial charge >= 0.3 is 5.97 Å². The highest BCUT2D eigenvalue weighted by molar-refractivity contribution is 9.28. The number of hydrogen-bond donors (Lipinski definition) is 0. The molecule has 0 saturated heterocycles. The van der Waals surface area contributed by atoms with Crippen LogP contribution in [0.5, 0.6) is 5.75 Å². The zero-order valence-corrected chi connectivity index (χ0v) is 15.0. The fourth-order valence-electron chi connectivity index (χ4n) is 1.68. The first kappa shape index (κ1) is 17.7. The molecule has 21 heavy (non-hydrogen) atoms. The Morgan fingerprint density at radius 2 is 1.71 bits per heavy atom. The van der Waals surface area contributed by atoms with E-state index in [1.54, 1.807) is 38.3 Å². The molecule has 0 unspecified atom stereocenters. The summed E-state index contributed by atoms with van der Waals surface area (Å²) >= 11 is 6.34. The normalized spacial score (nSPS) is 9.76. The molecule has 114 valence electrons. The molecule has 0 aliphatic rings. The van der Waals surface area contributed by atoms with Gasteiger partial charge in [-0.15, -0.1) is 0 Å². The molecule has 1 rings (SSSR count). The lowest BCUT2D eigenvalue weighted by Crippen LogP contribution is -2.34. The van der Waals surface area contributed by atoms with E-state index in [0.717, 1.165) is 0 Å². The van der Waals surface area contributed by atoms with Crippen molar-refractivity contribution >= 4 is 43.7 Å². The van der Waals surface area contributed by atoms with Crippen LogP contribution in [0.25, 0.3) is 0 Å². The number of hydrogen-bond acceptors (Lipinski definition) is 4. The number of nitrogens with zero attached hydrogens (tertiary/aromatic N) is 1. The topological polar surface area (TPSA) is 55.8 Å². The third-order valence-electron chi connectivity index (χ3n) is 2.73. The van der Waals surface area contributed by atoms with Crippen LogP contribution in [0.4, 0.5) is 0 Å². The number of halogens is 2. The van der Waals surface area contributed by atoms with Crippen LogP contribution < -0.4 is 4.74 Å². The SMILES string of the molecule is CCN(C(=O)c1ccc(OC)cc1)C(C(=O)OC)=C(Br)Br. The van der Waals surface area contributed by atoms with Crippen LogP contribution in [0.2, 0.25) is 0 Å². The minimum atomic E-state index is -0.609. The number of rotatable bonds is 5. The molecule has 0 spiro atoms. The fourth-order valence-corrected chi connectivity index (χ4v) is 2.43. The lowest BCUT2D eigenvalue weighted by Gasteiger charge is -2.22. The van der Waals surface area contributed by atoms with Crippen LogP contribution >= 0.6 is 31.9 Å². The maximum atomic E-state index is 12.5. The van der Waals surface area contributed by atoms with Crippen molar-refractivity contribution in [2.24, 2.45) is 0 Å². The third kappa shape index (κ3) is 4.31. The predicted molar refractivity (Wildman–Crippen MR) is 86.6 cm³/mol. The molecular weight excluding hydrogens is 406 g/mol. The quantitative estimate of drug-likeness (QED) is 0.541. The first-order valence-corrected chi connectivity index (χ1v) is 7.64. The van der Waals surface area contributed by atoms with E-state index in [2.05, 4.69) is 31.9 Å². The zero-order valence-electron chi connectivity index (χ0n) is 11.9. The predicted octanol–water partition coefficient (Wildman–Crippen LogP) is 3.29. The number of amides is 1. The first-order valence-electron chi connectivity index (χ1n) is 6.05. The van der Waals surface area contributed by atoms with Crippen LogP contribution in [0.15, 0.2) is 33.4 Å². The highest BCUT2D eigenvalue weighted by atomic mass is 79.9. The largest absolute Gasteiger partial charge is 0.497 e. The number of carbonyl (C=O) groups excluding carboxylic acids is 2. The molecule has 7 heteroatoms. The molecule has 0 N–H and O–H groups in total. The zero-order chi connectivity index (χ0) is 16.0. The van der Waals surface area contributed by atoms with Gasteiger partial charge in [0.05, 0.1) is 17.6 Å². The van der Waals surface area contributed by atoms with Crippen molar-refractivity contribution in [2.45, 2.75) is 6.92 Å². The van der Waals surface area contributed by atoms with Crippen LogP contribution in [0.1, 0.15) is 17.3 Å². The minimum absolute atomic E-state index is 0.112. The summed E-state index contributed by atoms with van der Waals surface area (Å²) in [7, 11) is 2.81. The van der Waals surface area contributed by atoms with Gasteiger partial charge < -0.3 is 14.4 Å². The Hall–Kier alpha value is -1.34. The lowest BCUT2D eigenvalue weighted by atomic mass is 10.2. The van der Waals surface area contributed by atoms with E-state index in [1.165, 1.54) is 12.0 Å². The summed E-state index contributed by atoms with van der Waals surface area (Å²) in [6.07, 6.45) is 0. The van der Waals surface area contributed by atoms with Gasteiger partial charge in [0, 0.05) is 12.1 Å². The molecule has 0 fully saturated rings. The van der Waals surface area contributed by atoms with Gasteiger partial charge in [-0.05, 0) is 63.0 Å². The average molecular weight is 421 g/mol. The molecule has 0 aliphatic heterocycles. The second-order valence-corrected chi connectivity index (χ2v) is 6.53. The van der Waals surface area contributed by atoms with Crippen molar-refractivity contribution in [1.29, 1.82) is 0 Å². The van der Waals surface area contributed by atoms with Crippen LogP contribution in [0.3, 0.4) is 0 Å². The van der Waals surface area contributed by atoms with Crippen LogP contribution in [0, 0.1) is 0 Å². The van der Waals surface area contributed by atoms with Crippen molar-refractivity contribution in [1.82, 2.24) is 4.90 Å². The summed E-state index contributed by atoms with van der Waals surface area (Å²) in [6, 6.07) is 6.65. The highest BCUT2D eigenvalue weighted by Gasteiger charge is 2.26. The van der Waals surface area contributed by atoms with E-state index < -0.39 is 5.97 Å². The van der Waals surface area contributed by atoms with Crippen molar-refractivity contribution in [3.05, 3.63) is 38.9 Å². The Morgan fingerprint density at radius 3 is 2.10 bits per heavy atom. The second kappa shape index (κ2) is 8.19. The van der Waals surface area contributed by atoms with Gasteiger partial charge in [0.15, 0.2) is 5.70 Å². The van der Waals surface area contributed by atoms with Gasteiger partial charge in [0.2, 0.25) is 0 Å². The van der Waals surface area contributed by atoms with Gasteiger partial charge in [-0.2, -0.15) is 0 Å². The average Bonchev–Trinajstić information content (AvgIpc) is 2.50. The molecule has 0 bridgehead atoms. The first-order chi connectivity index (χ1) is 9.96. The monoisotopic (exact) mass is 419 g/mol. The third-order valence-corrected chi connectivity index (χ3v) is 3.48. The molecule has 0 saturated carbocycles. The Balaban J connectivity index is 3.15. The van der Waals surface area contributed by atoms with E-state index in [9.17, 15) is 9.59 Å². The summed E-state index contributed by atoms with van der Waals surface area (Å²) in [5, 5.41) is 0. The summed E-state index contributed by atoms with van der Waals surface area (Å²) in [5.41, 5.74) is 0.557. The van der Waals surface area contributed by atoms with Crippen LogP contribution in [-0.2, 0) is 9.53 Å². The number of methoxy groups -OCH3 is 2. The van der Waals surface area contributed by atoms with E-state index in [4.69, 9.17) is 9.47 Å². The number of ether oxygens (including phenoxy) is 2. The Morgan fingerprint density at radius 1 is 1.14 bits per heavy atom. The molecule has 1 amide bonds. The summed E-state index contributed by atoms with van der Waals surface area (Å²) in [6.45, 7) is 2.09. The maximum Gasteiger partial charge on any atom is 0.356 e. The molecule has 0 atom stereocenters. The van der Waals surface area contributed by atoms with Gasteiger partial charge in [-0.3, -0.25) is 4.79 Å². The van der Waals surface area contributed by atoms with Crippen molar-refractivity contribution < 1.29 is 19.1 Å². The second-order valence-electron chi connectivity index (χ2n) is 3.88. The number of likely N-dealkylation sites (N-methyl/N-ethyl adjacent to an activating group) is 1. The van der Waals surface area contributed by atoms with Crippen molar-refractivity contribution in [3.8, 4) is 5.75 Å². The maximum absolute atomic E-state index is 12.5. The summed E-state index contributed by atoms with van der Waals surface area (Å²) in [5.74, 6) is -0.264. The lowest BCUT2D eigenvalue weighted by molar-refractivity contribution is -0.137. The standard InChI is InChI=1S/C14H15Br2NO4/c1-4-17(11(12(15)16)14(19)21-3)13(18)9-5-7-10(20-2)8-6-9/h5-8H,4H2,1-3H3. The molecule has 0 aliphatic carbocycles. The highest BCUT2D eigenvalue weighted by Crippen LogP contribution is 2.25. The number of carbonyl (C=O) groups is 2. The van der Waals surface area contributed by atoms with E-state index in [-0.39, 0.29) is 11.6 Å². The van der Waals surface area contributed by atoms with Gasteiger partial charge in [0.25, 0.3) is 5.91 Å². The Labute approximate surface area is 140 Å². The van der Waals surface area contributed by atoms with Crippen molar-refractivity contribution in [2.75, 3.05) is 20.8 Å². The fraction of sp³-hybridized carbons (Fsp3) is 0.286. The summed E-state index contributed by atoms with van der Waals surface area (Å²) < 4.78 is 10.1. The molecule has 0 radical (unpaired) electrons. The van der Waals surface area contributed by atoms with E-state index >= 15 is 0 Å². The molecule has 5 nitrogen and oxygen atoms in total. The molecule has 1 aromatic rings. The van der Waals surface area contributed by atoms with Crippen LogP contribution in [-0.4, -0.2) is 37.5 Å². The Bertz CT molecular complexity index is 551. The minimum Gasteiger partial charge on any atom is -0.497 e. The van der Waals surface area contributed by atoms with Crippen molar-refractivity contribution in [3.63, 3.8) is 0 Å². The van der Waals surface area contributed by atoms with Gasteiger partial charge in [0.1, 0.15) is 5.75 Å². The molecule has 0 aromatic heterocycles. The van der Waals surface area contributed by atoms with Gasteiger partial charge in [-0.1, -0.05) is 0 Å². The van der Waals surface area contributed by atoms with E-state index in [1.807, 2.05) is 0 Å². The molecule has 0 heterocycles. The summed E-state index contributed by atoms with van der Waals surface area (Å²) in [4.78, 5) is 25.7. The molecule has 1 aromatic carbocycles. The van der Waals surface area contributed by atoms with Gasteiger partial charge in [-0.25, -0.2) is 4.79 Å². The molecular formula is C14H15Br2NO4. The Kier molecular flexibility index (Phi) is 6.91. The number of esters is 1. The number of benzene rings is 1.